The molecule has 2 heterocycles. The number of allylic oxidation sites excluding steroid dienone is 1. The van der Waals surface area contributed by atoms with Gasteiger partial charge in [-0.1, -0.05) is 6.08 Å². The first-order valence-electron chi connectivity index (χ1n) is 12.1. The highest BCUT2D eigenvalue weighted by atomic mass is 16.6. The van der Waals surface area contributed by atoms with Gasteiger partial charge in [0, 0.05) is 31.9 Å². The quantitative estimate of drug-likeness (QED) is 0.614. The highest BCUT2D eigenvalue weighted by molar-refractivity contribution is 5.95. The molecule has 0 spiro atoms. The van der Waals surface area contributed by atoms with Crippen molar-refractivity contribution in [2.45, 2.75) is 52.1 Å². The van der Waals surface area contributed by atoms with Crippen LogP contribution in [0.15, 0.2) is 36.4 Å². The number of nitrogens with zero attached hydrogens (tertiary/aromatic N) is 2. The van der Waals surface area contributed by atoms with E-state index in [-0.39, 0.29) is 35.3 Å². The van der Waals surface area contributed by atoms with Gasteiger partial charge in [-0.05, 0) is 82.7 Å². The second-order valence-electron chi connectivity index (χ2n) is 10.2. The monoisotopic (exact) mass is 485 g/mol. The van der Waals surface area contributed by atoms with Crippen LogP contribution in [-0.2, 0) is 14.3 Å². The average Bonchev–Trinajstić information content (AvgIpc) is 2.82. The summed E-state index contributed by atoms with van der Waals surface area (Å²) in [7, 11) is 0. The third-order valence-electron chi connectivity index (χ3n) is 6.21. The van der Waals surface area contributed by atoms with Gasteiger partial charge in [0.15, 0.2) is 0 Å². The van der Waals surface area contributed by atoms with Crippen LogP contribution >= 0.6 is 0 Å². The number of carbonyl (C=O) groups excluding carboxylic acids is 3. The Balaban J connectivity index is 1.46. The van der Waals surface area contributed by atoms with Gasteiger partial charge in [-0.3, -0.25) is 9.59 Å². The predicted molar refractivity (Wildman–Crippen MR) is 131 cm³/mol. The first kappa shape index (κ1) is 26.2. The number of piperidine rings is 2. The van der Waals surface area contributed by atoms with E-state index in [1.54, 1.807) is 28.0 Å². The Bertz CT molecular complexity index is 958. The van der Waals surface area contributed by atoms with Gasteiger partial charge in [0.2, 0.25) is 11.8 Å². The molecule has 2 N–H and O–H groups in total. The summed E-state index contributed by atoms with van der Waals surface area (Å²) >= 11 is 0. The lowest BCUT2D eigenvalue weighted by atomic mass is 9.95. The largest absolute Gasteiger partial charge is 0.478 e. The van der Waals surface area contributed by atoms with Gasteiger partial charge in [-0.15, -0.1) is 0 Å². The van der Waals surface area contributed by atoms with Gasteiger partial charge in [0.25, 0.3) is 0 Å². The number of benzene rings is 1. The first-order valence-corrected chi connectivity index (χ1v) is 12.1. The lowest BCUT2D eigenvalue weighted by molar-refractivity contribution is -0.130. The van der Waals surface area contributed by atoms with Crippen LogP contribution in [-0.4, -0.2) is 70.6 Å². The van der Waals surface area contributed by atoms with Crippen LogP contribution < -0.4 is 5.32 Å². The van der Waals surface area contributed by atoms with Crippen LogP contribution in [0.3, 0.4) is 0 Å². The van der Waals surface area contributed by atoms with Crippen LogP contribution in [0.4, 0.5) is 10.5 Å². The second kappa shape index (κ2) is 11.4. The van der Waals surface area contributed by atoms with Crippen molar-refractivity contribution in [3.63, 3.8) is 0 Å². The number of amides is 3. The fourth-order valence-electron chi connectivity index (χ4n) is 4.26. The van der Waals surface area contributed by atoms with Gasteiger partial charge in [0.05, 0.1) is 11.5 Å². The van der Waals surface area contributed by atoms with E-state index >= 15 is 0 Å². The molecule has 3 rings (SSSR count). The number of carbonyl (C=O) groups is 4. The second-order valence-corrected chi connectivity index (χ2v) is 10.2. The molecule has 9 heteroatoms. The number of carboxylic acid groups (broad SMARTS) is 1. The van der Waals surface area contributed by atoms with Crippen LogP contribution in [0.1, 0.15) is 56.8 Å². The van der Waals surface area contributed by atoms with Crippen molar-refractivity contribution < 1.29 is 29.0 Å². The van der Waals surface area contributed by atoms with Gasteiger partial charge in [0.1, 0.15) is 5.60 Å². The minimum absolute atomic E-state index is 0.108. The van der Waals surface area contributed by atoms with Gasteiger partial charge in [-0.25, -0.2) is 9.59 Å². The van der Waals surface area contributed by atoms with E-state index in [1.807, 2.05) is 26.8 Å². The molecule has 35 heavy (non-hydrogen) atoms. The van der Waals surface area contributed by atoms with Crippen molar-refractivity contribution in [2.75, 3.05) is 31.5 Å². The molecule has 190 valence electrons. The van der Waals surface area contributed by atoms with Crippen molar-refractivity contribution in [3.05, 3.63) is 42.0 Å². The van der Waals surface area contributed by atoms with Crippen LogP contribution in [0.2, 0.25) is 0 Å². The molecule has 2 aliphatic rings. The Morgan fingerprint density at radius 3 is 2.26 bits per heavy atom. The van der Waals surface area contributed by atoms with E-state index in [4.69, 9.17) is 9.84 Å². The normalized spacial score (nSPS) is 19.5. The summed E-state index contributed by atoms with van der Waals surface area (Å²) < 4.78 is 5.42. The Morgan fingerprint density at radius 2 is 1.66 bits per heavy atom. The molecule has 2 saturated heterocycles. The van der Waals surface area contributed by atoms with E-state index in [2.05, 4.69) is 5.32 Å². The number of ether oxygens (including phenoxy) is 1. The Hall–Kier alpha value is -3.36. The molecular formula is C26H35N3O6. The van der Waals surface area contributed by atoms with Gasteiger partial charge >= 0.3 is 12.1 Å². The first-order chi connectivity index (χ1) is 16.5. The zero-order chi connectivity index (χ0) is 25.6. The Morgan fingerprint density at radius 1 is 1.00 bits per heavy atom. The zero-order valence-electron chi connectivity index (χ0n) is 20.7. The van der Waals surface area contributed by atoms with Gasteiger partial charge < -0.3 is 25.0 Å². The minimum Gasteiger partial charge on any atom is -0.478 e. The molecule has 2 fully saturated rings. The summed E-state index contributed by atoms with van der Waals surface area (Å²) in [6.45, 7) is 7.68. The molecule has 0 unspecified atom stereocenters. The van der Waals surface area contributed by atoms with Crippen molar-refractivity contribution in [3.8, 4) is 0 Å². The molecular weight excluding hydrogens is 450 g/mol. The maximum Gasteiger partial charge on any atom is 0.410 e. The Kier molecular flexibility index (Phi) is 8.53. The van der Waals surface area contributed by atoms with Crippen molar-refractivity contribution in [1.82, 2.24) is 9.80 Å². The maximum absolute atomic E-state index is 12.8. The van der Waals surface area contributed by atoms with Crippen LogP contribution in [0, 0.1) is 11.8 Å². The van der Waals surface area contributed by atoms with Crippen LogP contribution in [0.5, 0.6) is 0 Å². The van der Waals surface area contributed by atoms with Crippen molar-refractivity contribution in [1.29, 1.82) is 0 Å². The standard InChI is InChI=1S/C26H35N3O6/c1-26(2,3)35-25(34)28-15-12-18(13-16-28)6-11-22(30)29-14-4-5-20(17-29)23(31)27-21-9-7-19(8-10-21)24(32)33/h6-11,18,20H,4-5,12-17H2,1-3H3,(H,27,31)(H,32,33)/b11-6+/t20-/m1/s1. The number of hydrogen-bond acceptors (Lipinski definition) is 5. The van der Waals surface area contributed by atoms with Crippen molar-refractivity contribution >= 4 is 29.6 Å². The molecule has 1 aromatic carbocycles. The third-order valence-corrected chi connectivity index (χ3v) is 6.21. The van der Waals surface area contributed by atoms with Crippen molar-refractivity contribution in [2.24, 2.45) is 11.8 Å². The molecule has 0 saturated carbocycles. The highest BCUT2D eigenvalue weighted by Crippen LogP contribution is 2.22. The molecule has 1 atom stereocenters. The lowest BCUT2D eigenvalue weighted by Gasteiger charge is -2.33. The van der Waals surface area contributed by atoms with E-state index < -0.39 is 11.6 Å². The number of rotatable bonds is 5. The summed E-state index contributed by atoms with van der Waals surface area (Å²) in [5.74, 6) is -1.41. The van der Waals surface area contributed by atoms with E-state index in [9.17, 15) is 19.2 Å². The molecule has 0 aromatic heterocycles. The SMILES string of the molecule is CC(C)(C)OC(=O)N1CCC(/C=C/C(=O)N2CCC[C@@H](C(=O)Nc3ccc(C(=O)O)cc3)C2)CC1. The summed E-state index contributed by atoms with van der Waals surface area (Å²) in [6, 6.07) is 6.00. The van der Waals surface area contributed by atoms with E-state index in [0.29, 0.717) is 38.3 Å². The topological polar surface area (TPSA) is 116 Å². The van der Waals surface area contributed by atoms with Crippen LogP contribution in [0.25, 0.3) is 0 Å². The van der Waals surface area contributed by atoms with E-state index in [0.717, 1.165) is 19.3 Å². The fourth-order valence-corrected chi connectivity index (χ4v) is 4.26. The average molecular weight is 486 g/mol. The summed E-state index contributed by atoms with van der Waals surface area (Å²) in [4.78, 5) is 52.1. The fraction of sp³-hybridized carbons (Fsp3) is 0.538. The number of hydrogen-bond donors (Lipinski definition) is 2. The third kappa shape index (κ3) is 7.83. The molecule has 9 nitrogen and oxygen atoms in total. The molecule has 1 aromatic rings. The summed E-state index contributed by atoms with van der Waals surface area (Å²) in [6.07, 6.45) is 6.19. The minimum atomic E-state index is -1.02. The highest BCUT2D eigenvalue weighted by Gasteiger charge is 2.29. The number of nitrogens with one attached hydrogen (secondary N) is 1. The number of carboxylic acids is 1. The summed E-state index contributed by atoms with van der Waals surface area (Å²) in [5.41, 5.74) is 0.162. The number of likely N-dealkylation sites (tertiary alicyclic amines) is 2. The smallest absolute Gasteiger partial charge is 0.410 e. The molecule has 0 radical (unpaired) electrons. The predicted octanol–water partition coefficient (Wildman–Crippen LogP) is 3.77. The lowest BCUT2D eigenvalue weighted by Crippen LogP contribution is -2.43. The van der Waals surface area contributed by atoms with Gasteiger partial charge in [-0.2, -0.15) is 0 Å². The molecule has 0 aliphatic carbocycles. The molecule has 0 bridgehead atoms. The number of anilines is 1. The number of aromatic carboxylic acids is 1. The molecule has 2 aliphatic heterocycles. The Labute approximate surface area is 206 Å². The molecule has 3 amide bonds. The summed E-state index contributed by atoms with van der Waals surface area (Å²) in [5, 5.41) is 11.8. The maximum atomic E-state index is 12.8. The van der Waals surface area contributed by atoms with E-state index in [1.165, 1.54) is 12.1 Å². The zero-order valence-corrected chi connectivity index (χ0v) is 20.7.